The number of carbonyl (C=O) groups is 1. The summed E-state index contributed by atoms with van der Waals surface area (Å²) in [5.41, 5.74) is 5.02. The van der Waals surface area contributed by atoms with Crippen molar-refractivity contribution in [1.82, 2.24) is 4.90 Å². The number of aliphatic hydroxyl groups excluding tert-OH is 1. The smallest absolute Gasteiger partial charge is 0.410 e. The Labute approximate surface area is 97.6 Å². The second kappa shape index (κ2) is 6.70. The Morgan fingerprint density at radius 3 is 2.44 bits per heavy atom. The topological polar surface area (TPSA) is 75.8 Å². The first-order valence-corrected chi connectivity index (χ1v) is 5.62. The van der Waals surface area contributed by atoms with Gasteiger partial charge in [0.2, 0.25) is 0 Å². The average molecular weight is 232 g/mol. The van der Waals surface area contributed by atoms with Gasteiger partial charge in [-0.15, -0.1) is 0 Å². The summed E-state index contributed by atoms with van der Waals surface area (Å²) in [4.78, 5) is 13.4. The number of amides is 1. The van der Waals surface area contributed by atoms with Crippen LogP contribution >= 0.6 is 0 Å². The lowest BCUT2D eigenvalue weighted by atomic mass is 10.2. The molecule has 0 aromatic heterocycles. The summed E-state index contributed by atoms with van der Waals surface area (Å²) in [6.07, 6.45) is 0.155. The fourth-order valence-electron chi connectivity index (χ4n) is 1.18. The van der Waals surface area contributed by atoms with Gasteiger partial charge in [0.15, 0.2) is 0 Å². The van der Waals surface area contributed by atoms with E-state index in [2.05, 4.69) is 0 Å². The van der Waals surface area contributed by atoms with Crippen molar-refractivity contribution in [2.75, 3.05) is 19.7 Å². The maximum atomic E-state index is 11.8. The van der Waals surface area contributed by atoms with Crippen molar-refractivity contribution in [2.24, 2.45) is 5.73 Å². The van der Waals surface area contributed by atoms with Crippen molar-refractivity contribution in [3.63, 3.8) is 0 Å². The van der Waals surface area contributed by atoms with E-state index in [1.807, 2.05) is 27.7 Å². The van der Waals surface area contributed by atoms with E-state index in [4.69, 9.17) is 15.6 Å². The molecular formula is C11H24N2O3. The Hall–Kier alpha value is -0.810. The van der Waals surface area contributed by atoms with Crippen molar-refractivity contribution in [3.05, 3.63) is 0 Å². The molecule has 96 valence electrons. The van der Waals surface area contributed by atoms with E-state index in [0.29, 0.717) is 19.5 Å². The van der Waals surface area contributed by atoms with Gasteiger partial charge in [-0.3, -0.25) is 0 Å². The predicted octanol–water partition coefficient (Wildman–Crippen LogP) is 0.953. The Bertz CT molecular complexity index is 214. The van der Waals surface area contributed by atoms with Gasteiger partial charge in [-0.25, -0.2) is 4.79 Å². The molecular weight excluding hydrogens is 208 g/mol. The van der Waals surface area contributed by atoms with Crippen LogP contribution in [0.3, 0.4) is 0 Å². The van der Waals surface area contributed by atoms with E-state index in [-0.39, 0.29) is 18.7 Å². The lowest BCUT2D eigenvalue weighted by Crippen LogP contribution is -2.45. The molecule has 0 bridgehead atoms. The predicted molar refractivity (Wildman–Crippen MR) is 63.2 cm³/mol. The third-order valence-electron chi connectivity index (χ3n) is 2.06. The number of carbonyl (C=O) groups excluding carboxylic acids is 1. The number of nitrogens with two attached hydrogens (primary N) is 1. The Morgan fingerprint density at radius 1 is 1.50 bits per heavy atom. The number of aliphatic hydroxyl groups is 1. The van der Waals surface area contributed by atoms with Crippen LogP contribution in [-0.4, -0.2) is 47.4 Å². The van der Waals surface area contributed by atoms with E-state index < -0.39 is 5.60 Å². The second-order valence-corrected chi connectivity index (χ2v) is 4.84. The van der Waals surface area contributed by atoms with Crippen LogP contribution < -0.4 is 5.73 Å². The number of ether oxygens (including phenoxy) is 1. The van der Waals surface area contributed by atoms with Crippen LogP contribution in [0.1, 0.15) is 34.1 Å². The third-order valence-corrected chi connectivity index (χ3v) is 2.06. The minimum absolute atomic E-state index is 0.0522. The SMILES string of the molecule is CC(CN)N(CCCO)C(=O)OC(C)(C)C. The summed E-state index contributed by atoms with van der Waals surface area (Å²) in [6.45, 7) is 8.22. The average Bonchev–Trinajstić information content (AvgIpc) is 2.15. The van der Waals surface area contributed by atoms with Crippen LogP contribution in [0, 0.1) is 0 Å². The summed E-state index contributed by atoms with van der Waals surface area (Å²) in [7, 11) is 0. The summed E-state index contributed by atoms with van der Waals surface area (Å²) in [5.74, 6) is 0. The van der Waals surface area contributed by atoms with Gasteiger partial charge in [-0.05, 0) is 34.1 Å². The zero-order valence-electron chi connectivity index (χ0n) is 10.7. The minimum Gasteiger partial charge on any atom is -0.444 e. The largest absolute Gasteiger partial charge is 0.444 e. The molecule has 5 nitrogen and oxygen atoms in total. The Kier molecular flexibility index (Phi) is 6.36. The van der Waals surface area contributed by atoms with Crippen molar-refractivity contribution in [3.8, 4) is 0 Å². The Morgan fingerprint density at radius 2 is 2.06 bits per heavy atom. The summed E-state index contributed by atoms with van der Waals surface area (Å²) >= 11 is 0. The molecule has 1 amide bonds. The van der Waals surface area contributed by atoms with Gasteiger partial charge in [0.1, 0.15) is 5.60 Å². The fraction of sp³-hybridized carbons (Fsp3) is 0.909. The van der Waals surface area contributed by atoms with Crippen molar-refractivity contribution < 1.29 is 14.6 Å². The van der Waals surface area contributed by atoms with E-state index >= 15 is 0 Å². The van der Waals surface area contributed by atoms with Gasteiger partial charge < -0.3 is 20.5 Å². The highest BCUT2D eigenvalue weighted by molar-refractivity contribution is 5.68. The zero-order chi connectivity index (χ0) is 12.8. The highest BCUT2D eigenvalue weighted by Gasteiger charge is 2.24. The normalized spacial score (nSPS) is 13.4. The standard InChI is InChI=1S/C11H24N2O3/c1-9(8-12)13(6-5-7-14)10(15)16-11(2,3)4/h9,14H,5-8,12H2,1-4H3. The Balaban J connectivity index is 4.43. The molecule has 0 rings (SSSR count). The summed E-state index contributed by atoms with van der Waals surface area (Å²) in [5, 5.41) is 8.77. The first-order valence-electron chi connectivity index (χ1n) is 5.62. The molecule has 0 fully saturated rings. The first kappa shape index (κ1) is 15.2. The van der Waals surface area contributed by atoms with Crippen LogP contribution in [0.25, 0.3) is 0 Å². The molecule has 0 aliphatic rings. The molecule has 0 saturated heterocycles. The monoisotopic (exact) mass is 232 g/mol. The van der Waals surface area contributed by atoms with Crippen LogP contribution in [0.4, 0.5) is 4.79 Å². The highest BCUT2D eigenvalue weighted by atomic mass is 16.6. The fourth-order valence-corrected chi connectivity index (χ4v) is 1.18. The molecule has 0 aromatic carbocycles. The molecule has 16 heavy (non-hydrogen) atoms. The molecule has 1 unspecified atom stereocenters. The van der Waals surface area contributed by atoms with Crippen molar-refractivity contribution >= 4 is 6.09 Å². The van der Waals surface area contributed by atoms with E-state index in [1.54, 1.807) is 4.90 Å². The molecule has 0 heterocycles. The minimum atomic E-state index is -0.511. The van der Waals surface area contributed by atoms with Gasteiger partial charge in [0.25, 0.3) is 0 Å². The zero-order valence-corrected chi connectivity index (χ0v) is 10.7. The molecule has 1 atom stereocenters. The lowest BCUT2D eigenvalue weighted by molar-refractivity contribution is 0.0172. The molecule has 0 saturated carbocycles. The molecule has 0 spiro atoms. The van der Waals surface area contributed by atoms with Crippen molar-refractivity contribution in [2.45, 2.75) is 45.8 Å². The summed E-state index contributed by atoms with van der Waals surface area (Å²) in [6, 6.07) is -0.0820. The second-order valence-electron chi connectivity index (χ2n) is 4.84. The maximum absolute atomic E-state index is 11.8. The van der Waals surface area contributed by atoms with Crippen LogP contribution in [-0.2, 0) is 4.74 Å². The molecule has 0 aliphatic carbocycles. The van der Waals surface area contributed by atoms with Crippen molar-refractivity contribution in [1.29, 1.82) is 0 Å². The van der Waals surface area contributed by atoms with E-state index in [9.17, 15) is 4.79 Å². The van der Waals surface area contributed by atoms with Gasteiger partial charge in [0.05, 0.1) is 0 Å². The highest BCUT2D eigenvalue weighted by Crippen LogP contribution is 2.12. The van der Waals surface area contributed by atoms with Gasteiger partial charge in [-0.2, -0.15) is 0 Å². The number of hydrogen-bond acceptors (Lipinski definition) is 4. The van der Waals surface area contributed by atoms with Gasteiger partial charge >= 0.3 is 6.09 Å². The van der Waals surface area contributed by atoms with Gasteiger partial charge in [0, 0.05) is 25.7 Å². The van der Waals surface area contributed by atoms with Crippen LogP contribution in [0.15, 0.2) is 0 Å². The van der Waals surface area contributed by atoms with E-state index in [0.717, 1.165) is 0 Å². The summed E-state index contributed by atoms with van der Waals surface area (Å²) < 4.78 is 5.27. The lowest BCUT2D eigenvalue weighted by Gasteiger charge is -2.31. The molecule has 0 aromatic rings. The molecule has 3 N–H and O–H groups in total. The molecule has 0 aliphatic heterocycles. The molecule has 0 radical (unpaired) electrons. The quantitative estimate of drug-likeness (QED) is 0.740. The number of hydrogen-bond donors (Lipinski definition) is 2. The number of rotatable bonds is 5. The number of nitrogens with zero attached hydrogens (tertiary/aromatic N) is 1. The van der Waals surface area contributed by atoms with Gasteiger partial charge in [-0.1, -0.05) is 0 Å². The van der Waals surface area contributed by atoms with Crippen LogP contribution in [0.5, 0.6) is 0 Å². The van der Waals surface area contributed by atoms with Crippen LogP contribution in [0.2, 0.25) is 0 Å². The third kappa shape index (κ3) is 5.92. The maximum Gasteiger partial charge on any atom is 0.410 e. The first-order chi connectivity index (χ1) is 7.31. The van der Waals surface area contributed by atoms with E-state index in [1.165, 1.54) is 0 Å². The molecule has 5 heteroatoms.